The summed E-state index contributed by atoms with van der Waals surface area (Å²) in [5.41, 5.74) is 1.85. The van der Waals surface area contributed by atoms with Crippen LogP contribution in [0.15, 0.2) is 42.5 Å². The first kappa shape index (κ1) is 27.8. The molecule has 2 amide bonds. The molecule has 1 atom stereocenters. The molecule has 1 unspecified atom stereocenters. The van der Waals surface area contributed by atoms with Crippen LogP contribution in [0, 0.1) is 6.92 Å². The standard InChI is InChI=1S/C26H34ClN3O5S/c1-18-9-14-24(35-3)23(15-18)30(36(4,33)34)17-25(31)29(16-20-10-12-21(27)13-11-20)19(2)26(32)28-22-7-5-6-8-22/h9-15,19,22H,5-8,16-17H2,1-4H3,(H,28,32). The van der Waals surface area contributed by atoms with E-state index in [9.17, 15) is 18.0 Å². The molecule has 2 aromatic carbocycles. The van der Waals surface area contributed by atoms with Crippen LogP contribution in [0.3, 0.4) is 0 Å². The van der Waals surface area contributed by atoms with Gasteiger partial charge in [-0.05, 0) is 62.1 Å². The minimum atomic E-state index is -3.85. The number of nitrogens with one attached hydrogen (secondary N) is 1. The summed E-state index contributed by atoms with van der Waals surface area (Å²) in [6, 6.07) is 11.4. The molecule has 3 rings (SSSR count). The van der Waals surface area contributed by atoms with Gasteiger partial charge in [0.2, 0.25) is 21.8 Å². The molecule has 1 N–H and O–H groups in total. The summed E-state index contributed by atoms with van der Waals surface area (Å²) in [7, 11) is -2.41. The van der Waals surface area contributed by atoms with Crippen molar-refractivity contribution in [2.24, 2.45) is 0 Å². The summed E-state index contributed by atoms with van der Waals surface area (Å²) in [5.74, 6) is -0.439. The second-order valence-electron chi connectivity index (χ2n) is 9.26. The van der Waals surface area contributed by atoms with Crippen LogP contribution in [-0.2, 0) is 26.2 Å². The van der Waals surface area contributed by atoms with Crippen molar-refractivity contribution in [1.82, 2.24) is 10.2 Å². The molecule has 0 heterocycles. The van der Waals surface area contributed by atoms with E-state index in [4.69, 9.17) is 16.3 Å². The molecule has 196 valence electrons. The highest BCUT2D eigenvalue weighted by Gasteiger charge is 2.32. The van der Waals surface area contributed by atoms with E-state index in [1.165, 1.54) is 12.0 Å². The third kappa shape index (κ3) is 7.13. The summed E-state index contributed by atoms with van der Waals surface area (Å²) < 4.78 is 32.0. The van der Waals surface area contributed by atoms with E-state index in [2.05, 4.69) is 5.32 Å². The first-order chi connectivity index (χ1) is 17.0. The summed E-state index contributed by atoms with van der Waals surface area (Å²) in [6.07, 6.45) is 5.00. The minimum absolute atomic E-state index is 0.0940. The van der Waals surface area contributed by atoms with Crippen molar-refractivity contribution in [3.05, 3.63) is 58.6 Å². The van der Waals surface area contributed by atoms with E-state index >= 15 is 0 Å². The molecule has 36 heavy (non-hydrogen) atoms. The molecule has 1 aliphatic rings. The quantitative estimate of drug-likeness (QED) is 0.498. The number of ether oxygens (including phenoxy) is 1. The monoisotopic (exact) mass is 535 g/mol. The van der Waals surface area contributed by atoms with Crippen LogP contribution < -0.4 is 14.4 Å². The molecule has 0 radical (unpaired) electrons. The Morgan fingerprint density at radius 1 is 1.14 bits per heavy atom. The van der Waals surface area contributed by atoms with E-state index < -0.39 is 28.5 Å². The van der Waals surface area contributed by atoms with Gasteiger partial charge in [0.15, 0.2) is 0 Å². The van der Waals surface area contributed by atoms with E-state index in [0.717, 1.165) is 47.4 Å². The second kappa shape index (κ2) is 12.0. The number of hydrogen-bond acceptors (Lipinski definition) is 5. The van der Waals surface area contributed by atoms with Gasteiger partial charge in [-0.3, -0.25) is 13.9 Å². The fraction of sp³-hybridized carbons (Fsp3) is 0.462. The van der Waals surface area contributed by atoms with Crippen molar-refractivity contribution in [2.45, 2.75) is 58.2 Å². The summed E-state index contributed by atoms with van der Waals surface area (Å²) in [4.78, 5) is 28.2. The lowest BCUT2D eigenvalue weighted by Gasteiger charge is -2.32. The zero-order valence-electron chi connectivity index (χ0n) is 21.2. The van der Waals surface area contributed by atoms with Crippen LogP contribution in [-0.4, -0.2) is 57.1 Å². The van der Waals surface area contributed by atoms with Crippen LogP contribution in [0.5, 0.6) is 5.75 Å². The SMILES string of the molecule is COc1ccc(C)cc1N(CC(=O)N(Cc1ccc(Cl)cc1)C(C)C(=O)NC1CCCC1)S(C)(=O)=O. The number of carbonyl (C=O) groups is 2. The lowest BCUT2D eigenvalue weighted by atomic mass is 10.1. The Hall–Kier alpha value is -2.78. The number of rotatable bonds is 10. The Bertz CT molecular complexity index is 1180. The number of nitrogens with zero attached hydrogens (tertiary/aromatic N) is 2. The van der Waals surface area contributed by atoms with E-state index in [1.807, 2.05) is 6.92 Å². The van der Waals surface area contributed by atoms with Gasteiger partial charge in [-0.15, -0.1) is 0 Å². The van der Waals surface area contributed by atoms with Crippen LogP contribution in [0.4, 0.5) is 5.69 Å². The first-order valence-electron chi connectivity index (χ1n) is 12.0. The fourth-order valence-electron chi connectivity index (χ4n) is 4.35. The largest absolute Gasteiger partial charge is 0.495 e. The Morgan fingerprint density at radius 3 is 2.36 bits per heavy atom. The van der Waals surface area contributed by atoms with Crippen LogP contribution in [0.2, 0.25) is 5.02 Å². The third-order valence-electron chi connectivity index (χ3n) is 6.42. The van der Waals surface area contributed by atoms with Gasteiger partial charge >= 0.3 is 0 Å². The van der Waals surface area contributed by atoms with Gasteiger partial charge in [0.25, 0.3) is 0 Å². The Labute approximate surface area is 218 Å². The molecule has 0 saturated heterocycles. The summed E-state index contributed by atoms with van der Waals surface area (Å²) >= 11 is 6.02. The molecule has 0 bridgehead atoms. The number of halogens is 1. The third-order valence-corrected chi connectivity index (χ3v) is 7.80. The number of carbonyl (C=O) groups excluding carboxylic acids is 2. The van der Waals surface area contributed by atoms with Crippen molar-refractivity contribution < 1.29 is 22.7 Å². The van der Waals surface area contributed by atoms with Gasteiger partial charge in [0.1, 0.15) is 18.3 Å². The van der Waals surface area contributed by atoms with Crippen LogP contribution in [0.25, 0.3) is 0 Å². The molecule has 1 fully saturated rings. The number of methoxy groups -OCH3 is 1. The average molecular weight is 536 g/mol. The fourth-order valence-corrected chi connectivity index (χ4v) is 5.32. The van der Waals surface area contributed by atoms with Gasteiger partial charge in [0.05, 0.1) is 19.1 Å². The Kier molecular flexibility index (Phi) is 9.24. The number of anilines is 1. The van der Waals surface area contributed by atoms with Crippen molar-refractivity contribution >= 4 is 39.1 Å². The molecule has 0 aromatic heterocycles. The average Bonchev–Trinajstić information content (AvgIpc) is 3.33. The van der Waals surface area contributed by atoms with Crippen molar-refractivity contribution in [3.63, 3.8) is 0 Å². The molecule has 10 heteroatoms. The predicted octanol–water partition coefficient (Wildman–Crippen LogP) is 3.90. The van der Waals surface area contributed by atoms with E-state index in [0.29, 0.717) is 10.8 Å². The molecule has 0 aliphatic heterocycles. The van der Waals surface area contributed by atoms with Gasteiger partial charge in [-0.25, -0.2) is 8.42 Å². The minimum Gasteiger partial charge on any atom is -0.495 e. The highest BCUT2D eigenvalue weighted by atomic mass is 35.5. The predicted molar refractivity (Wildman–Crippen MR) is 142 cm³/mol. The normalized spacial score (nSPS) is 14.8. The molecule has 0 spiro atoms. The van der Waals surface area contributed by atoms with Crippen molar-refractivity contribution in [3.8, 4) is 5.75 Å². The molecule has 8 nitrogen and oxygen atoms in total. The zero-order valence-corrected chi connectivity index (χ0v) is 22.7. The van der Waals surface area contributed by atoms with E-state index in [1.54, 1.807) is 49.4 Å². The van der Waals surface area contributed by atoms with E-state index in [-0.39, 0.29) is 24.2 Å². The number of benzene rings is 2. The maximum atomic E-state index is 13.7. The highest BCUT2D eigenvalue weighted by molar-refractivity contribution is 7.92. The maximum Gasteiger partial charge on any atom is 0.244 e. The first-order valence-corrected chi connectivity index (χ1v) is 14.2. The Morgan fingerprint density at radius 2 is 1.78 bits per heavy atom. The number of aryl methyl sites for hydroxylation is 1. The van der Waals surface area contributed by atoms with Gasteiger partial charge < -0.3 is 15.0 Å². The molecular formula is C26H34ClN3O5S. The highest BCUT2D eigenvalue weighted by Crippen LogP contribution is 2.31. The summed E-state index contributed by atoms with van der Waals surface area (Å²) in [5, 5.41) is 3.60. The van der Waals surface area contributed by atoms with Gasteiger partial charge in [-0.2, -0.15) is 0 Å². The summed E-state index contributed by atoms with van der Waals surface area (Å²) in [6.45, 7) is 3.13. The van der Waals surface area contributed by atoms with Crippen LogP contribution in [0.1, 0.15) is 43.7 Å². The topological polar surface area (TPSA) is 96.0 Å². The molecule has 1 saturated carbocycles. The molecule has 1 aliphatic carbocycles. The van der Waals surface area contributed by atoms with Gasteiger partial charge in [0, 0.05) is 17.6 Å². The Balaban J connectivity index is 1.92. The van der Waals surface area contributed by atoms with Crippen LogP contribution >= 0.6 is 11.6 Å². The molecular weight excluding hydrogens is 502 g/mol. The zero-order chi connectivity index (χ0) is 26.5. The second-order valence-corrected chi connectivity index (χ2v) is 11.6. The van der Waals surface area contributed by atoms with Crippen molar-refractivity contribution in [2.75, 3.05) is 24.2 Å². The maximum absolute atomic E-state index is 13.7. The lowest BCUT2D eigenvalue weighted by molar-refractivity contribution is -0.139. The number of hydrogen-bond donors (Lipinski definition) is 1. The van der Waals surface area contributed by atoms with Gasteiger partial charge in [-0.1, -0.05) is 42.6 Å². The van der Waals surface area contributed by atoms with Crippen molar-refractivity contribution in [1.29, 1.82) is 0 Å². The smallest absolute Gasteiger partial charge is 0.244 e. The number of amides is 2. The number of sulfonamides is 1. The molecule has 2 aromatic rings. The lowest BCUT2D eigenvalue weighted by Crippen LogP contribution is -2.52.